The highest BCUT2D eigenvalue weighted by Crippen LogP contribution is 2.57. The molecule has 0 N–H and O–H groups in total. The van der Waals surface area contributed by atoms with Gasteiger partial charge in [-0.05, 0) is 160 Å². The molecule has 0 spiro atoms. The Labute approximate surface area is 503 Å². The molecule has 0 nitrogen and oxygen atoms in total. The Morgan fingerprint density at radius 1 is 0.375 bits per heavy atom. The lowest BCUT2D eigenvalue weighted by Crippen LogP contribution is -2.44. The summed E-state index contributed by atoms with van der Waals surface area (Å²) in [5.41, 5.74) is 4.06. The molecule has 414 valence electrons. The third kappa shape index (κ3) is 25.5. The first kappa shape index (κ1) is 28.4. The van der Waals surface area contributed by atoms with Crippen LogP contribution in [0, 0.1) is 97.7 Å². The van der Waals surface area contributed by atoms with E-state index in [9.17, 15) is 0 Å². The van der Waals surface area contributed by atoms with Gasteiger partial charge in [0.25, 0.3) is 0 Å². The molecule has 0 radical (unpaired) electrons. The van der Waals surface area contributed by atoms with Crippen molar-refractivity contribution in [2.45, 2.75) is 306 Å². The summed E-state index contributed by atoms with van der Waals surface area (Å²) < 4.78 is 271. The van der Waals surface area contributed by atoms with Crippen molar-refractivity contribution in [3.8, 4) is 0 Å². The standard InChI is InChI=1S/C12H20.C9H16.C8H10.2C8H16.C7H14.C7H8.C7H14.C6H12/c1-2-12-10-4-8-3-9(6-10)7-11(12)5-8;1-2-8-5-7-3-4-9(8)6-7;1-7-5-3-4-6-8(7)2;2*1-2-8-6-4-3-5-7-8;2*1-7-5-3-2-4-6-7;1-2-7-5-3-4-6-7;1-6-4-2-3-5-6/h8-12H,2-7H2,1H3;7-9H,2-6H2,1H3;3-6H,1-2H3;2*8H,2-7H2,1H3;7H,2-6H2,1H3;2-6H,1H3;7H,2-6H2,1H3;6H,2-5H2,1H3/i;;;3D2,4D2,5D2,6D2,7D2;;2D2,3D2,4D2,5D2,6D2;;3D2,4D2,5D2,6D2;2D2,3D2,4D2,5D2. The third-order valence-electron chi connectivity index (χ3n) is 16.3. The minimum Gasteiger partial charge on any atom is -0.0651 e. The second-order valence-electron chi connectivity index (χ2n) is 21.8. The summed E-state index contributed by atoms with van der Waals surface area (Å²) in [6.07, 6.45) is -25.3. The third-order valence-corrected chi connectivity index (χ3v) is 16.3. The Kier molecular flexibility index (Phi) is 15.0. The Bertz CT molecular complexity index is 2990. The van der Waals surface area contributed by atoms with Crippen LogP contribution in [0.15, 0.2) is 54.6 Å². The van der Waals surface area contributed by atoms with Crippen LogP contribution >= 0.6 is 0 Å². The Hall–Kier alpha value is -1.56. The molecule has 11 aliphatic carbocycles. The highest BCUT2D eigenvalue weighted by molar-refractivity contribution is 5.23. The van der Waals surface area contributed by atoms with Crippen molar-refractivity contribution in [1.29, 1.82) is 0 Å². The van der Waals surface area contributed by atoms with Gasteiger partial charge in [-0.1, -0.05) is 294 Å². The van der Waals surface area contributed by atoms with Crippen LogP contribution in [0.1, 0.15) is 351 Å². The lowest BCUT2D eigenvalue weighted by atomic mass is 9.51. The fraction of sp³-hybridized carbons (Fsp3) is 0.833. The van der Waals surface area contributed by atoms with Crippen LogP contribution in [-0.4, -0.2) is 0 Å². The van der Waals surface area contributed by atoms with Crippen LogP contribution in [0.3, 0.4) is 0 Å². The predicted octanol–water partition coefficient (Wildman–Crippen LogP) is 23.9. The quantitative estimate of drug-likeness (QED) is 0.280. The largest absolute Gasteiger partial charge is 0.0651 e. The minimum atomic E-state index is -3.27. The second-order valence-corrected chi connectivity index (χ2v) is 21.8. The molecule has 0 aromatic heterocycles. The van der Waals surface area contributed by atoms with Gasteiger partial charge in [0, 0.05) is 49.3 Å². The zero-order chi connectivity index (χ0) is 84.0. The lowest BCUT2D eigenvalue weighted by Gasteiger charge is -2.54. The topological polar surface area (TPSA) is 0 Å². The Morgan fingerprint density at radius 3 is 1.11 bits per heavy atom. The molecule has 3 unspecified atom stereocenters. The van der Waals surface area contributed by atoms with E-state index in [1.165, 1.54) is 88.8 Å². The van der Waals surface area contributed by atoms with Gasteiger partial charge in [0.2, 0.25) is 0 Å². The average Bonchev–Trinajstić information content (AvgIpc) is 1.02. The predicted molar refractivity (Wildman–Crippen MR) is 323 cm³/mol. The molecule has 72 heavy (non-hydrogen) atoms. The molecule has 6 bridgehead atoms. The first-order valence-corrected chi connectivity index (χ1v) is 28.6. The van der Waals surface area contributed by atoms with Gasteiger partial charge in [0.1, 0.15) is 0 Å². The van der Waals surface area contributed by atoms with Gasteiger partial charge in [-0.15, -0.1) is 0 Å². The fourth-order valence-electron chi connectivity index (χ4n) is 12.1. The number of aryl methyl sites for hydroxylation is 3. The van der Waals surface area contributed by atoms with Crippen molar-refractivity contribution in [3.05, 3.63) is 71.3 Å². The molecule has 0 heterocycles. The zero-order valence-corrected chi connectivity index (χ0v) is 46.6. The number of fused-ring (bicyclic) bond motifs is 2. The SMILES string of the molecule is CCC1C2CC3CC(C2)CC1C3.CCC1CC2CCC1C2.CCC1CCCCC1.Cc1ccccc1.Cc1ccccc1C.[2H]C1([2H])C(C)C([2H])([2H])C([2H])([2H])C([2H])([2H])C1([2H])[2H].[2H]C1([2H])C(C)C([2H])([2H])C([2H])([2H])C1([2H])[2H].[2H]C1([2H])C(CC)C([2H])([2H])C([2H])([2H])C([2H])([2H])C1([2H])[2H].[2H]C1([2H])C(CC)C([2H])([2H])C([2H])([2H])C1([2H])[2H]. The Morgan fingerprint density at radius 2 is 0.792 bits per heavy atom. The first-order valence-electron chi connectivity index (χ1n) is 46.6. The number of hydrogen-bond acceptors (Lipinski definition) is 0. The van der Waals surface area contributed by atoms with Crippen LogP contribution in [-0.2, 0) is 0 Å². The minimum absolute atomic E-state index is 0.0685. The molecule has 0 saturated heterocycles. The van der Waals surface area contributed by atoms with Crippen LogP contribution in [0.4, 0.5) is 0 Å². The van der Waals surface area contributed by atoms with Crippen LogP contribution in [0.5, 0.6) is 0 Å². The van der Waals surface area contributed by atoms with E-state index >= 15 is 0 Å². The molecule has 0 amide bonds. The summed E-state index contributed by atoms with van der Waals surface area (Å²) in [6.45, 7) is 18.6. The van der Waals surface area contributed by atoms with Gasteiger partial charge < -0.3 is 0 Å². The van der Waals surface area contributed by atoms with E-state index in [1.807, 2.05) is 18.2 Å². The van der Waals surface area contributed by atoms with Crippen LogP contribution in [0.25, 0.3) is 0 Å². The normalized spacial score (nSPS) is 49.4. The zero-order valence-electron chi connectivity index (χ0n) is 82.6. The average molecular weight is 1030 g/mol. The van der Waals surface area contributed by atoms with Gasteiger partial charge in [-0.25, -0.2) is 0 Å². The summed E-state index contributed by atoms with van der Waals surface area (Å²) in [7, 11) is 0. The first-order chi connectivity index (χ1) is 48.6. The molecule has 11 fully saturated rings. The maximum atomic E-state index is 7.72. The molecule has 3 atom stereocenters. The highest BCUT2D eigenvalue weighted by Gasteiger charge is 2.47. The van der Waals surface area contributed by atoms with Gasteiger partial charge >= 0.3 is 0 Å². The van der Waals surface area contributed by atoms with E-state index in [4.69, 9.17) is 49.3 Å². The Balaban J connectivity index is 0.000000260. The molecule has 0 heteroatoms. The van der Waals surface area contributed by atoms with E-state index in [0.29, 0.717) is 0 Å². The van der Waals surface area contributed by atoms with E-state index < -0.39 is 138 Å². The van der Waals surface area contributed by atoms with Crippen molar-refractivity contribution in [3.63, 3.8) is 0 Å². The lowest BCUT2D eigenvalue weighted by molar-refractivity contribution is -0.0376. The van der Waals surface area contributed by atoms with Crippen LogP contribution < -0.4 is 0 Å². The molecule has 11 saturated carbocycles. The van der Waals surface area contributed by atoms with Crippen molar-refractivity contribution in [1.82, 2.24) is 0 Å². The van der Waals surface area contributed by atoms with Gasteiger partial charge in [0.05, 0.1) is 0 Å². The maximum Gasteiger partial charge on any atom is 0.0269 e. The summed E-state index contributed by atoms with van der Waals surface area (Å²) in [4.78, 5) is 0. The number of benzene rings is 2. The molecular weight excluding hydrogens is 865 g/mol. The summed E-state index contributed by atoms with van der Waals surface area (Å²) in [5.74, 6) is 4.55. The van der Waals surface area contributed by atoms with Crippen LogP contribution in [0.2, 0.25) is 0 Å². The van der Waals surface area contributed by atoms with Gasteiger partial charge in [-0.3, -0.25) is 0 Å². The smallest absolute Gasteiger partial charge is 0.0269 e. The van der Waals surface area contributed by atoms with Gasteiger partial charge in [0.15, 0.2) is 0 Å². The van der Waals surface area contributed by atoms with E-state index in [0.717, 1.165) is 60.2 Å². The molecule has 2 aromatic rings. The number of rotatable bonds is 5. The maximum absolute atomic E-state index is 7.72. The van der Waals surface area contributed by atoms with Crippen molar-refractivity contribution < 1.29 is 49.3 Å². The molecular formula is C72H126. The number of hydrogen-bond donors (Lipinski definition) is 0. The summed E-state index contributed by atoms with van der Waals surface area (Å²) in [6, 6.07) is 18.6. The molecule has 2 aromatic carbocycles. The summed E-state index contributed by atoms with van der Waals surface area (Å²) in [5, 5.41) is 0. The van der Waals surface area contributed by atoms with E-state index in [1.54, 1.807) is 57.8 Å². The fourth-order valence-corrected chi connectivity index (χ4v) is 12.1. The molecule has 13 rings (SSSR count). The van der Waals surface area contributed by atoms with E-state index in [2.05, 4.69) is 77.9 Å². The molecule has 0 aliphatic heterocycles. The monoisotopic (exact) mass is 1030 g/mol. The van der Waals surface area contributed by atoms with Gasteiger partial charge in [-0.2, -0.15) is 0 Å². The van der Waals surface area contributed by atoms with Crippen molar-refractivity contribution >= 4 is 0 Å². The van der Waals surface area contributed by atoms with Crippen molar-refractivity contribution in [2.24, 2.45) is 76.9 Å². The summed E-state index contributed by atoms with van der Waals surface area (Å²) >= 11 is 0. The molecule has 11 aliphatic rings. The van der Waals surface area contributed by atoms with Crippen molar-refractivity contribution in [2.75, 3.05) is 0 Å². The highest BCUT2D eigenvalue weighted by atomic mass is 14.5. The van der Waals surface area contributed by atoms with E-state index in [-0.39, 0.29) is 12.8 Å². The second kappa shape index (κ2) is 38.1.